The highest BCUT2D eigenvalue weighted by Crippen LogP contribution is 2.36. The van der Waals surface area contributed by atoms with E-state index < -0.39 is 12.0 Å². The molecule has 0 bridgehead atoms. The number of imide groups is 1. The van der Waals surface area contributed by atoms with E-state index in [1.54, 1.807) is 18.2 Å². The summed E-state index contributed by atoms with van der Waals surface area (Å²) in [6.45, 7) is 0.192. The number of rotatable bonds is 1. The molecule has 2 amide bonds. The fourth-order valence-corrected chi connectivity index (χ4v) is 1.86. The largest absolute Gasteiger partial charge is 0.454 e. The number of alkyl carbamates (subject to hydrolysis) is 1. The van der Waals surface area contributed by atoms with Crippen molar-refractivity contribution in [3.05, 3.63) is 23.9 Å². The molecule has 0 saturated carbocycles. The number of amides is 2. The second kappa shape index (κ2) is 4.20. The van der Waals surface area contributed by atoms with E-state index >= 15 is 0 Å². The minimum Gasteiger partial charge on any atom is -0.454 e. The van der Waals surface area contributed by atoms with Crippen LogP contribution in [0.1, 0.15) is 10.5 Å². The van der Waals surface area contributed by atoms with Crippen LogP contribution in [-0.2, 0) is 4.74 Å². The van der Waals surface area contributed by atoms with Gasteiger partial charge in [-0.1, -0.05) is 0 Å². The van der Waals surface area contributed by atoms with Crippen molar-refractivity contribution >= 4 is 22.9 Å². The summed E-state index contributed by atoms with van der Waals surface area (Å²) < 4.78 is 14.8. The number of carbonyl (C=O) groups excluding carboxylic acids is 2. The zero-order valence-electron chi connectivity index (χ0n) is 9.98. The first-order valence-corrected chi connectivity index (χ1v) is 5.49. The summed E-state index contributed by atoms with van der Waals surface area (Å²) in [5, 5.41) is 2.86. The summed E-state index contributed by atoms with van der Waals surface area (Å²) in [5.41, 5.74) is 0.975. The average molecular weight is 262 g/mol. The van der Waals surface area contributed by atoms with Crippen molar-refractivity contribution in [2.24, 2.45) is 0 Å². The average Bonchev–Trinajstić information content (AvgIpc) is 3.00. The van der Waals surface area contributed by atoms with Crippen molar-refractivity contribution in [2.75, 3.05) is 13.9 Å². The Hall–Kier alpha value is -2.70. The minimum atomic E-state index is -0.808. The van der Waals surface area contributed by atoms with Gasteiger partial charge in [0.25, 0.3) is 5.91 Å². The molecule has 1 aromatic carbocycles. The lowest BCUT2D eigenvalue weighted by Crippen LogP contribution is -2.30. The number of ether oxygens (including phenoxy) is 3. The SMILES string of the molecule is COC(=O)NC(=O)c1cc2cc3c(cc2[nH]1)OCO3. The van der Waals surface area contributed by atoms with Crippen LogP contribution >= 0.6 is 0 Å². The molecule has 0 saturated heterocycles. The fraction of sp³-hybridized carbons (Fsp3) is 0.167. The predicted molar refractivity (Wildman–Crippen MR) is 64.3 cm³/mol. The number of methoxy groups -OCH3 is 1. The number of hydrogen-bond acceptors (Lipinski definition) is 5. The first-order valence-electron chi connectivity index (χ1n) is 5.49. The van der Waals surface area contributed by atoms with Crippen molar-refractivity contribution in [3.63, 3.8) is 0 Å². The molecule has 0 spiro atoms. The number of fused-ring (bicyclic) bond motifs is 2. The van der Waals surface area contributed by atoms with Crippen LogP contribution in [0.5, 0.6) is 11.5 Å². The number of hydrogen-bond donors (Lipinski definition) is 2. The molecule has 1 aromatic heterocycles. The molecule has 2 aromatic rings. The number of H-pyrrole nitrogens is 1. The standard InChI is InChI=1S/C12H10N2O5/c1-17-12(16)14-11(15)8-2-6-3-9-10(19-5-18-9)4-7(6)13-8/h2-4,13H,5H2,1H3,(H,14,15,16). The first-order chi connectivity index (χ1) is 9.17. The van der Waals surface area contributed by atoms with Crippen LogP contribution in [0.4, 0.5) is 4.79 Å². The van der Waals surface area contributed by atoms with Gasteiger partial charge in [0.05, 0.1) is 7.11 Å². The van der Waals surface area contributed by atoms with Crippen LogP contribution < -0.4 is 14.8 Å². The highest BCUT2D eigenvalue weighted by atomic mass is 16.7. The van der Waals surface area contributed by atoms with Crippen LogP contribution in [0.2, 0.25) is 0 Å². The van der Waals surface area contributed by atoms with Crippen molar-refractivity contribution < 1.29 is 23.8 Å². The summed E-state index contributed by atoms with van der Waals surface area (Å²) >= 11 is 0. The Bertz CT molecular complexity index is 635. The van der Waals surface area contributed by atoms with Crippen molar-refractivity contribution in [1.82, 2.24) is 10.3 Å². The Labute approximate surface area is 107 Å². The highest BCUT2D eigenvalue weighted by Gasteiger charge is 2.18. The van der Waals surface area contributed by atoms with Gasteiger partial charge >= 0.3 is 6.09 Å². The predicted octanol–water partition coefficient (Wildman–Crippen LogP) is 1.39. The Morgan fingerprint density at radius 2 is 2.00 bits per heavy atom. The monoisotopic (exact) mass is 262 g/mol. The molecular formula is C12H10N2O5. The van der Waals surface area contributed by atoms with E-state index in [-0.39, 0.29) is 12.5 Å². The minimum absolute atomic E-state index is 0.192. The van der Waals surface area contributed by atoms with Gasteiger partial charge in [0, 0.05) is 17.0 Å². The lowest BCUT2D eigenvalue weighted by molar-refractivity contribution is 0.0932. The molecule has 0 aliphatic carbocycles. The summed E-state index contributed by atoms with van der Waals surface area (Å²) in [6, 6.07) is 5.13. The number of aromatic amines is 1. The Morgan fingerprint density at radius 1 is 1.26 bits per heavy atom. The normalized spacial score (nSPS) is 12.5. The van der Waals surface area contributed by atoms with E-state index in [0.717, 1.165) is 10.9 Å². The third-order valence-electron chi connectivity index (χ3n) is 2.76. The van der Waals surface area contributed by atoms with Gasteiger partial charge in [-0.25, -0.2) is 4.79 Å². The summed E-state index contributed by atoms with van der Waals surface area (Å²) in [6.07, 6.45) is -0.808. The Morgan fingerprint density at radius 3 is 2.74 bits per heavy atom. The van der Waals surface area contributed by atoms with Crippen LogP contribution in [0.15, 0.2) is 18.2 Å². The molecule has 1 aliphatic heterocycles. The third kappa shape index (κ3) is 1.95. The molecule has 0 unspecified atom stereocenters. The van der Waals surface area contributed by atoms with E-state index in [1.807, 2.05) is 0 Å². The van der Waals surface area contributed by atoms with Gasteiger partial charge in [-0.05, 0) is 12.1 Å². The van der Waals surface area contributed by atoms with E-state index in [0.29, 0.717) is 11.5 Å². The van der Waals surface area contributed by atoms with Gasteiger partial charge in [0.2, 0.25) is 6.79 Å². The van der Waals surface area contributed by atoms with Gasteiger partial charge in [-0.15, -0.1) is 0 Å². The van der Waals surface area contributed by atoms with Gasteiger partial charge in [-0.2, -0.15) is 0 Å². The molecule has 3 rings (SSSR count). The zero-order chi connectivity index (χ0) is 13.4. The summed E-state index contributed by atoms with van der Waals surface area (Å²) in [5.74, 6) is 0.686. The summed E-state index contributed by atoms with van der Waals surface area (Å²) in [7, 11) is 1.19. The molecule has 7 nitrogen and oxygen atoms in total. The van der Waals surface area contributed by atoms with Crippen molar-refractivity contribution in [3.8, 4) is 11.5 Å². The Balaban J connectivity index is 1.94. The second-order valence-corrected chi connectivity index (χ2v) is 3.92. The maximum Gasteiger partial charge on any atom is 0.413 e. The number of carbonyl (C=O) groups is 2. The molecule has 7 heteroatoms. The molecule has 98 valence electrons. The molecule has 1 aliphatic rings. The lowest BCUT2D eigenvalue weighted by atomic mass is 10.2. The van der Waals surface area contributed by atoms with E-state index in [9.17, 15) is 9.59 Å². The van der Waals surface area contributed by atoms with Gasteiger partial charge in [-0.3, -0.25) is 10.1 Å². The number of benzene rings is 1. The smallest absolute Gasteiger partial charge is 0.413 e. The van der Waals surface area contributed by atoms with E-state index in [4.69, 9.17) is 9.47 Å². The second-order valence-electron chi connectivity index (χ2n) is 3.92. The third-order valence-corrected chi connectivity index (χ3v) is 2.76. The molecule has 0 radical (unpaired) electrons. The molecule has 19 heavy (non-hydrogen) atoms. The van der Waals surface area contributed by atoms with E-state index in [2.05, 4.69) is 15.0 Å². The molecule has 2 N–H and O–H groups in total. The summed E-state index contributed by atoms with van der Waals surface area (Å²) in [4.78, 5) is 25.6. The quantitative estimate of drug-likeness (QED) is 0.810. The van der Waals surface area contributed by atoms with Crippen LogP contribution in [0, 0.1) is 0 Å². The lowest BCUT2D eigenvalue weighted by Gasteiger charge is -1.99. The van der Waals surface area contributed by atoms with Crippen molar-refractivity contribution in [1.29, 1.82) is 0 Å². The van der Waals surface area contributed by atoms with Crippen molar-refractivity contribution in [2.45, 2.75) is 0 Å². The van der Waals surface area contributed by atoms with Gasteiger partial charge in [0.15, 0.2) is 11.5 Å². The maximum absolute atomic E-state index is 11.7. The number of nitrogens with one attached hydrogen (secondary N) is 2. The first kappa shape index (κ1) is 11.4. The van der Waals surface area contributed by atoms with E-state index in [1.165, 1.54) is 7.11 Å². The van der Waals surface area contributed by atoms with Crippen LogP contribution in [0.25, 0.3) is 10.9 Å². The fourth-order valence-electron chi connectivity index (χ4n) is 1.86. The molecule has 2 heterocycles. The zero-order valence-corrected chi connectivity index (χ0v) is 9.98. The maximum atomic E-state index is 11.7. The van der Waals surface area contributed by atoms with Gasteiger partial charge in [0.1, 0.15) is 5.69 Å². The van der Waals surface area contributed by atoms with Crippen LogP contribution in [0.3, 0.4) is 0 Å². The van der Waals surface area contributed by atoms with Crippen LogP contribution in [-0.4, -0.2) is 30.9 Å². The molecular weight excluding hydrogens is 252 g/mol. The molecule has 0 atom stereocenters. The molecule has 0 fully saturated rings. The highest BCUT2D eigenvalue weighted by molar-refractivity contribution is 6.04. The topological polar surface area (TPSA) is 89.7 Å². The van der Waals surface area contributed by atoms with Gasteiger partial charge < -0.3 is 19.2 Å². The Kier molecular flexibility index (Phi) is 2.52. The number of aromatic nitrogens is 1.